The number of benzene rings is 1. The van der Waals surface area contributed by atoms with Crippen LogP contribution in [0.15, 0.2) is 30.3 Å². The molecule has 0 aromatic heterocycles. The van der Waals surface area contributed by atoms with Gasteiger partial charge in [0.15, 0.2) is 8.30 Å². The summed E-state index contributed by atoms with van der Waals surface area (Å²) in [6, 6.07) is 9.50. The lowest BCUT2D eigenvalue weighted by Gasteiger charge is -2.14. The van der Waals surface area contributed by atoms with Gasteiger partial charge >= 0.3 is 5.97 Å². The van der Waals surface area contributed by atoms with Crippen molar-refractivity contribution in [3.63, 3.8) is 0 Å². The van der Waals surface area contributed by atoms with E-state index in [9.17, 15) is 4.79 Å². The highest BCUT2D eigenvalue weighted by atomic mass is 31.2. The lowest BCUT2D eigenvalue weighted by Crippen LogP contribution is -2.21. The molecule has 1 N–H and O–H groups in total. The molecule has 0 spiro atoms. The van der Waals surface area contributed by atoms with Gasteiger partial charge in [-0.15, -0.1) is 0 Å². The van der Waals surface area contributed by atoms with Gasteiger partial charge in [-0.3, -0.25) is 9.88 Å². The number of carbonyl (C=O) groups is 1. The molecule has 0 bridgehead atoms. The van der Waals surface area contributed by atoms with Crippen LogP contribution in [0.4, 0.5) is 0 Å². The van der Waals surface area contributed by atoms with E-state index >= 15 is 0 Å². The predicted octanol–water partition coefficient (Wildman–Crippen LogP) is 2.16. The Morgan fingerprint density at radius 2 is 2.06 bits per heavy atom. The first-order valence-corrected chi connectivity index (χ1v) is 6.79. The van der Waals surface area contributed by atoms with E-state index in [1.807, 2.05) is 37.0 Å². The quantitative estimate of drug-likeness (QED) is 0.612. The summed E-state index contributed by atoms with van der Waals surface area (Å²) in [5.41, 5.74) is 0. The minimum absolute atomic E-state index is 0.183. The van der Waals surface area contributed by atoms with Crippen molar-refractivity contribution >= 4 is 14.3 Å². The molecular weight excluding hydrogens is 225 g/mol. The molecule has 0 saturated heterocycles. The first-order chi connectivity index (χ1) is 7.72. The van der Waals surface area contributed by atoms with Crippen molar-refractivity contribution in [3.8, 4) is 5.75 Å². The molecule has 0 saturated carbocycles. The van der Waals surface area contributed by atoms with E-state index < -0.39 is 8.30 Å². The number of hydrogen-bond acceptors (Lipinski definition) is 4. The number of nitrogens with one attached hydrogen (secondary N) is 1. The van der Waals surface area contributed by atoms with Gasteiger partial charge in [0, 0.05) is 6.66 Å². The second kappa shape index (κ2) is 7.20. The Kier molecular flexibility index (Phi) is 5.83. The predicted molar refractivity (Wildman–Crippen MR) is 64.5 cm³/mol. The molecule has 1 atom stereocenters. The van der Waals surface area contributed by atoms with E-state index in [0.717, 1.165) is 5.75 Å². The minimum Gasteiger partial charge on any atom is -0.465 e. The summed E-state index contributed by atoms with van der Waals surface area (Å²) in [5.74, 6) is 0.543. The normalized spacial score (nSPS) is 11.9. The van der Waals surface area contributed by atoms with Crippen LogP contribution in [0.3, 0.4) is 0 Å². The van der Waals surface area contributed by atoms with Crippen LogP contribution in [0.2, 0.25) is 0 Å². The molecule has 0 heterocycles. The van der Waals surface area contributed by atoms with Gasteiger partial charge < -0.3 is 9.26 Å². The smallest absolute Gasteiger partial charge is 0.320 e. The van der Waals surface area contributed by atoms with Gasteiger partial charge in [0.25, 0.3) is 0 Å². The van der Waals surface area contributed by atoms with Gasteiger partial charge in [0.2, 0.25) is 0 Å². The molecular formula is C11H16NO3P. The van der Waals surface area contributed by atoms with Crippen LogP contribution < -0.4 is 9.61 Å². The van der Waals surface area contributed by atoms with Crippen molar-refractivity contribution in [1.29, 1.82) is 0 Å². The van der Waals surface area contributed by atoms with Crippen LogP contribution in [0.1, 0.15) is 6.92 Å². The second-order valence-electron chi connectivity index (χ2n) is 3.04. The standard InChI is InChI=1S/C11H16NO3P/c1-3-14-11(13)9-12-16(2)15-10-7-5-4-6-8-10/h4-8,12H,3,9H2,1-2H3. The van der Waals surface area contributed by atoms with E-state index in [4.69, 9.17) is 9.26 Å². The molecule has 0 fully saturated rings. The molecule has 1 aromatic rings. The third-order valence-corrected chi connectivity index (χ3v) is 2.83. The van der Waals surface area contributed by atoms with Gasteiger partial charge in [-0.1, -0.05) is 18.2 Å². The third-order valence-electron chi connectivity index (χ3n) is 1.74. The summed E-state index contributed by atoms with van der Waals surface area (Å²) in [6.45, 7) is 4.28. The van der Waals surface area contributed by atoms with Crippen LogP contribution in [0.5, 0.6) is 5.75 Å². The lowest BCUT2D eigenvalue weighted by molar-refractivity contribution is -0.141. The second-order valence-corrected chi connectivity index (χ2v) is 4.54. The topological polar surface area (TPSA) is 47.6 Å². The van der Waals surface area contributed by atoms with Crippen LogP contribution >= 0.6 is 8.30 Å². The molecule has 1 unspecified atom stereocenters. The van der Waals surface area contributed by atoms with Gasteiger partial charge in [0.1, 0.15) is 12.3 Å². The maximum atomic E-state index is 11.1. The van der Waals surface area contributed by atoms with E-state index in [2.05, 4.69) is 5.09 Å². The van der Waals surface area contributed by atoms with E-state index in [1.54, 1.807) is 6.92 Å². The first kappa shape index (κ1) is 12.9. The monoisotopic (exact) mass is 241 g/mol. The molecule has 4 nitrogen and oxygen atoms in total. The first-order valence-electron chi connectivity index (χ1n) is 5.08. The zero-order valence-corrected chi connectivity index (χ0v) is 10.4. The molecule has 0 aliphatic heterocycles. The fourth-order valence-corrected chi connectivity index (χ4v) is 1.91. The molecule has 0 aliphatic carbocycles. The van der Waals surface area contributed by atoms with Gasteiger partial charge in [-0.2, -0.15) is 0 Å². The van der Waals surface area contributed by atoms with Crippen molar-refractivity contribution in [1.82, 2.24) is 5.09 Å². The van der Waals surface area contributed by atoms with Crippen molar-refractivity contribution in [2.45, 2.75) is 6.92 Å². The average Bonchev–Trinajstić information content (AvgIpc) is 2.28. The molecule has 1 rings (SSSR count). The molecule has 1 aromatic carbocycles. The summed E-state index contributed by atoms with van der Waals surface area (Å²) in [5, 5.41) is 2.98. The summed E-state index contributed by atoms with van der Waals surface area (Å²) in [7, 11) is -0.851. The summed E-state index contributed by atoms with van der Waals surface area (Å²) in [4.78, 5) is 11.1. The number of para-hydroxylation sites is 1. The highest BCUT2D eigenvalue weighted by Crippen LogP contribution is 2.29. The summed E-state index contributed by atoms with van der Waals surface area (Å²) < 4.78 is 10.4. The number of hydrogen-bond donors (Lipinski definition) is 1. The number of carbonyl (C=O) groups excluding carboxylic acids is 1. The van der Waals surface area contributed by atoms with Crippen molar-refractivity contribution in [2.24, 2.45) is 0 Å². The fraction of sp³-hybridized carbons (Fsp3) is 0.364. The number of ether oxygens (including phenoxy) is 1. The fourth-order valence-electron chi connectivity index (χ4n) is 1.06. The highest BCUT2D eigenvalue weighted by molar-refractivity contribution is 7.49. The summed E-state index contributed by atoms with van der Waals surface area (Å²) >= 11 is 0. The summed E-state index contributed by atoms with van der Waals surface area (Å²) in [6.07, 6.45) is 0. The molecule has 16 heavy (non-hydrogen) atoms. The average molecular weight is 241 g/mol. The van der Waals surface area contributed by atoms with Gasteiger partial charge in [-0.25, -0.2) is 0 Å². The Morgan fingerprint density at radius 3 is 2.69 bits per heavy atom. The Bertz CT molecular complexity index is 318. The maximum absolute atomic E-state index is 11.1. The van der Waals surface area contributed by atoms with E-state index in [-0.39, 0.29) is 12.5 Å². The lowest BCUT2D eigenvalue weighted by atomic mass is 10.3. The zero-order valence-electron chi connectivity index (χ0n) is 9.47. The highest BCUT2D eigenvalue weighted by Gasteiger charge is 2.07. The Labute approximate surface area is 96.8 Å². The Balaban J connectivity index is 2.26. The molecule has 88 valence electrons. The van der Waals surface area contributed by atoms with Crippen LogP contribution in [0, 0.1) is 0 Å². The SMILES string of the molecule is CCOC(=O)CNP(C)Oc1ccccc1. The van der Waals surface area contributed by atoms with Crippen LogP contribution in [-0.2, 0) is 9.53 Å². The molecule has 5 heteroatoms. The van der Waals surface area contributed by atoms with Crippen LogP contribution in [0.25, 0.3) is 0 Å². The molecule has 0 amide bonds. The van der Waals surface area contributed by atoms with Gasteiger partial charge in [0.05, 0.1) is 6.61 Å². The van der Waals surface area contributed by atoms with E-state index in [0.29, 0.717) is 6.61 Å². The Hall–Kier alpha value is -1.12. The molecule has 0 aliphatic rings. The molecule has 0 radical (unpaired) electrons. The third kappa shape index (κ3) is 5.10. The number of rotatable bonds is 6. The number of esters is 1. The Morgan fingerprint density at radius 1 is 1.38 bits per heavy atom. The van der Waals surface area contributed by atoms with Gasteiger partial charge in [-0.05, 0) is 19.1 Å². The van der Waals surface area contributed by atoms with Crippen molar-refractivity contribution in [3.05, 3.63) is 30.3 Å². The van der Waals surface area contributed by atoms with Crippen molar-refractivity contribution < 1.29 is 14.1 Å². The van der Waals surface area contributed by atoms with Crippen molar-refractivity contribution in [2.75, 3.05) is 19.8 Å². The minimum atomic E-state index is -0.851. The zero-order chi connectivity index (χ0) is 11.8. The maximum Gasteiger partial charge on any atom is 0.320 e. The largest absolute Gasteiger partial charge is 0.465 e. The van der Waals surface area contributed by atoms with Crippen LogP contribution in [-0.4, -0.2) is 25.8 Å². The van der Waals surface area contributed by atoms with E-state index in [1.165, 1.54) is 0 Å².